The van der Waals surface area contributed by atoms with Crippen LogP contribution in [0.5, 0.6) is 0 Å². The molecular formula is C35H46N4O2. The number of likely N-dealkylation sites (N-methyl/N-ethyl adjacent to an activating group) is 1. The first kappa shape index (κ1) is 30.3. The molecule has 41 heavy (non-hydrogen) atoms. The van der Waals surface area contributed by atoms with Gasteiger partial charge in [-0.2, -0.15) is 0 Å². The van der Waals surface area contributed by atoms with Crippen molar-refractivity contribution in [3.63, 3.8) is 0 Å². The number of anilines is 1. The molecule has 2 amide bonds. The zero-order chi connectivity index (χ0) is 29.2. The molecule has 218 valence electrons. The number of piperidine rings is 1. The van der Waals surface area contributed by atoms with Crippen molar-refractivity contribution in [2.45, 2.75) is 31.7 Å². The summed E-state index contributed by atoms with van der Waals surface area (Å²) >= 11 is 0. The van der Waals surface area contributed by atoms with E-state index in [9.17, 15) is 4.79 Å². The molecule has 0 aromatic heterocycles. The lowest BCUT2D eigenvalue weighted by Gasteiger charge is -2.39. The fourth-order valence-electron chi connectivity index (χ4n) is 6.63. The van der Waals surface area contributed by atoms with Crippen molar-refractivity contribution in [3.8, 4) is 0 Å². The summed E-state index contributed by atoms with van der Waals surface area (Å²) in [6, 6.07) is 32.2. The number of carbonyl (C=O) groups excluding carboxylic acids is 2. The summed E-state index contributed by atoms with van der Waals surface area (Å²) in [4.78, 5) is 30.3. The van der Waals surface area contributed by atoms with Gasteiger partial charge in [0.05, 0.1) is 0 Å². The topological polar surface area (TPSA) is 47.1 Å². The van der Waals surface area contributed by atoms with E-state index < -0.39 is 0 Å². The highest BCUT2D eigenvalue weighted by Gasteiger charge is 2.40. The van der Waals surface area contributed by atoms with E-state index in [2.05, 4.69) is 101 Å². The smallest absolute Gasteiger partial charge is 0.320 e. The molecule has 0 radical (unpaired) electrons. The number of fused-ring (bicyclic) bond motifs is 1. The van der Waals surface area contributed by atoms with Crippen molar-refractivity contribution >= 4 is 18.5 Å². The number of nitrogens with zero attached hydrogens (tertiary/aromatic N) is 4. The van der Waals surface area contributed by atoms with Crippen molar-refractivity contribution in [1.82, 2.24) is 14.7 Å². The third kappa shape index (κ3) is 7.76. The zero-order valence-electron chi connectivity index (χ0n) is 25.0. The maximum absolute atomic E-state index is 13.2. The van der Waals surface area contributed by atoms with Crippen LogP contribution >= 0.6 is 0 Å². The highest BCUT2D eigenvalue weighted by Crippen LogP contribution is 2.34. The Morgan fingerprint density at radius 3 is 2.10 bits per heavy atom. The Kier molecular flexibility index (Phi) is 10.6. The van der Waals surface area contributed by atoms with E-state index in [4.69, 9.17) is 4.79 Å². The van der Waals surface area contributed by atoms with Crippen molar-refractivity contribution in [2.24, 2.45) is 11.8 Å². The quantitative estimate of drug-likeness (QED) is 0.336. The molecule has 3 atom stereocenters. The van der Waals surface area contributed by atoms with Gasteiger partial charge in [0.25, 0.3) is 0 Å². The molecule has 0 spiro atoms. The average molecular weight is 555 g/mol. The maximum Gasteiger partial charge on any atom is 0.320 e. The van der Waals surface area contributed by atoms with Crippen molar-refractivity contribution in [3.05, 3.63) is 102 Å². The summed E-state index contributed by atoms with van der Waals surface area (Å²) in [5.74, 6) is 1.20. The first-order valence-electron chi connectivity index (χ1n) is 14.8. The lowest BCUT2D eigenvalue weighted by Crippen LogP contribution is -2.44. The van der Waals surface area contributed by atoms with Gasteiger partial charge in [-0.25, -0.2) is 4.79 Å². The van der Waals surface area contributed by atoms with Gasteiger partial charge >= 0.3 is 6.03 Å². The summed E-state index contributed by atoms with van der Waals surface area (Å²) in [7, 11) is 4.14. The highest BCUT2D eigenvalue weighted by molar-refractivity contribution is 5.74. The van der Waals surface area contributed by atoms with Gasteiger partial charge in [0, 0.05) is 57.9 Å². The van der Waals surface area contributed by atoms with E-state index in [1.54, 1.807) is 0 Å². The fraction of sp³-hybridized carbons (Fsp3) is 0.429. The molecule has 0 aliphatic carbocycles. The number of hydrogen-bond donors (Lipinski definition) is 0. The third-order valence-corrected chi connectivity index (χ3v) is 8.98. The predicted molar refractivity (Wildman–Crippen MR) is 168 cm³/mol. The molecule has 2 aliphatic rings. The van der Waals surface area contributed by atoms with Gasteiger partial charge in [-0.1, -0.05) is 85.8 Å². The van der Waals surface area contributed by atoms with Crippen LogP contribution < -0.4 is 4.90 Å². The largest absolute Gasteiger partial charge is 0.374 e. The predicted octanol–water partition coefficient (Wildman–Crippen LogP) is 5.79. The van der Waals surface area contributed by atoms with Crippen LogP contribution in [0.1, 0.15) is 30.9 Å². The fourth-order valence-corrected chi connectivity index (χ4v) is 6.63. The molecule has 6 heteroatoms. The van der Waals surface area contributed by atoms with Gasteiger partial charge in [-0.3, -0.25) is 0 Å². The van der Waals surface area contributed by atoms with Crippen LogP contribution in [0.2, 0.25) is 0 Å². The van der Waals surface area contributed by atoms with Crippen molar-refractivity contribution in [1.29, 1.82) is 0 Å². The number of urea groups is 1. The van der Waals surface area contributed by atoms with Crippen LogP contribution in [-0.2, 0) is 16.8 Å². The lowest BCUT2D eigenvalue weighted by atomic mass is 9.78. The number of rotatable bonds is 9. The number of carbonyl (C=O) groups is 2. The third-order valence-electron chi connectivity index (χ3n) is 8.98. The van der Waals surface area contributed by atoms with Gasteiger partial charge in [0.2, 0.25) is 0 Å². The number of hydrogen-bond acceptors (Lipinski definition) is 4. The first-order chi connectivity index (χ1) is 19.9. The van der Waals surface area contributed by atoms with Gasteiger partial charge in [0.15, 0.2) is 0 Å². The Hall–Kier alpha value is -3.64. The lowest BCUT2D eigenvalue weighted by molar-refractivity contribution is -0.0980. The molecule has 5 rings (SSSR count). The second-order valence-corrected chi connectivity index (χ2v) is 12.0. The molecule has 2 heterocycles. The van der Waals surface area contributed by atoms with E-state index in [1.807, 2.05) is 36.9 Å². The van der Waals surface area contributed by atoms with Gasteiger partial charge in [0.1, 0.15) is 6.79 Å². The van der Waals surface area contributed by atoms with Crippen molar-refractivity contribution < 1.29 is 9.59 Å². The minimum atomic E-state index is 0.0422. The highest BCUT2D eigenvalue weighted by atomic mass is 16.2. The molecule has 0 saturated carbocycles. The molecule has 0 bridgehead atoms. The van der Waals surface area contributed by atoms with Crippen LogP contribution in [0.4, 0.5) is 10.5 Å². The van der Waals surface area contributed by atoms with Crippen LogP contribution in [0, 0.1) is 11.8 Å². The molecule has 3 aromatic carbocycles. The Balaban J connectivity index is 0.00000189. The van der Waals surface area contributed by atoms with E-state index in [-0.39, 0.29) is 11.4 Å². The van der Waals surface area contributed by atoms with Crippen molar-refractivity contribution in [2.75, 3.05) is 58.3 Å². The second-order valence-electron chi connectivity index (χ2n) is 12.0. The monoisotopic (exact) mass is 554 g/mol. The van der Waals surface area contributed by atoms with Crippen LogP contribution in [-0.4, -0.2) is 80.9 Å². The van der Waals surface area contributed by atoms with Crippen LogP contribution in [0.3, 0.4) is 0 Å². The maximum atomic E-state index is 13.2. The zero-order valence-corrected chi connectivity index (χ0v) is 25.0. The van der Waals surface area contributed by atoms with Gasteiger partial charge in [-0.15, -0.1) is 0 Å². The van der Waals surface area contributed by atoms with Crippen LogP contribution in [0.25, 0.3) is 0 Å². The Labute approximate surface area is 246 Å². The Morgan fingerprint density at radius 1 is 0.854 bits per heavy atom. The second kappa shape index (κ2) is 14.3. The molecule has 1 unspecified atom stereocenters. The minimum absolute atomic E-state index is 0.0422. The van der Waals surface area contributed by atoms with Gasteiger partial charge < -0.3 is 24.4 Å². The molecule has 3 aromatic rings. The summed E-state index contributed by atoms with van der Waals surface area (Å²) in [5.41, 5.74) is 3.88. The number of amides is 2. The summed E-state index contributed by atoms with van der Waals surface area (Å²) in [6.45, 7) is 11.1. The SMILES string of the molecule is C=O.CN(Cc1ccccc1)C(=O)N1C[C@H]2CN(CCC(C)(CN(C)c3ccccc3)c3ccccc3)CC[C@H]2C1. The molecule has 2 saturated heterocycles. The minimum Gasteiger partial charge on any atom is -0.374 e. The first-order valence-corrected chi connectivity index (χ1v) is 14.8. The van der Waals surface area contributed by atoms with Crippen LogP contribution in [0.15, 0.2) is 91.0 Å². The Bertz CT molecular complexity index is 1210. The molecule has 6 nitrogen and oxygen atoms in total. The molecular weight excluding hydrogens is 508 g/mol. The molecule has 0 N–H and O–H groups in total. The number of likely N-dealkylation sites (tertiary alicyclic amines) is 2. The Morgan fingerprint density at radius 2 is 1.44 bits per heavy atom. The standard InChI is InChI=1S/C34H44N4O.CH2O/c1-34(31-15-9-5-10-16-31,27-36(3)32-17-11-6-12-18-32)20-22-37-21-19-29-25-38(26-30(29)24-37)33(39)35(2)23-28-13-7-4-8-14-28;1-2/h4-18,29-30H,19-27H2,1-3H3;1H2/t29-,30+,34?;/m0./s1. The normalized spacial score (nSPS) is 19.8. The molecule has 2 fully saturated rings. The summed E-state index contributed by atoms with van der Waals surface area (Å²) in [6.07, 6.45) is 2.29. The summed E-state index contributed by atoms with van der Waals surface area (Å²) < 4.78 is 0. The van der Waals surface area contributed by atoms with E-state index >= 15 is 0 Å². The average Bonchev–Trinajstić information content (AvgIpc) is 3.45. The van der Waals surface area contributed by atoms with E-state index in [0.29, 0.717) is 18.4 Å². The van der Waals surface area contributed by atoms with E-state index in [1.165, 1.54) is 23.2 Å². The summed E-state index contributed by atoms with van der Waals surface area (Å²) in [5, 5.41) is 0. The molecule has 2 aliphatic heterocycles. The number of para-hydroxylation sites is 1. The van der Waals surface area contributed by atoms with Gasteiger partial charge in [-0.05, 0) is 61.0 Å². The number of benzene rings is 3. The van der Waals surface area contributed by atoms with E-state index in [0.717, 1.165) is 45.7 Å².